The molecule has 4 heterocycles. The minimum atomic E-state index is 0.641. The fourth-order valence-corrected chi connectivity index (χ4v) is 4.50. The third-order valence-electron chi connectivity index (χ3n) is 4.79. The highest BCUT2D eigenvalue weighted by atomic mass is 32.1. The second-order valence-corrected chi connectivity index (χ2v) is 6.92. The lowest BCUT2D eigenvalue weighted by Crippen LogP contribution is -2.34. The molecule has 2 fully saturated rings. The Morgan fingerprint density at radius 2 is 2.43 bits per heavy atom. The van der Waals surface area contributed by atoms with E-state index in [-0.39, 0.29) is 0 Å². The van der Waals surface area contributed by atoms with Gasteiger partial charge in [-0.3, -0.25) is 4.90 Å². The number of aromatic nitrogens is 2. The summed E-state index contributed by atoms with van der Waals surface area (Å²) in [4.78, 5) is 8.15. The standard InChI is InChI=1S/C15H20N4OS/c1-2-12-11-7-16-6-10(11)8-19(12)9-14-17-15(18-20-14)13-4-3-5-21-13/h3-5,10-12,16H,2,6-9H2,1H3. The van der Waals surface area contributed by atoms with Gasteiger partial charge in [0.1, 0.15) is 0 Å². The highest BCUT2D eigenvalue weighted by Gasteiger charge is 2.43. The predicted molar refractivity (Wildman–Crippen MR) is 81.9 cm³/mol. The number of nitrogens with one attached hydrogen (secondary N) is 1. The van der Waals surface area contributed by atoms with Gasteiger partial charge in [0, 0.05) is 12.6 Å². The van der Waals surface area contributed by atoms with E-state index in [1.165, 1.54) is 6.42 Å². The molecule has 2 aliphatic rings. The van der Waals surface area contributed by atoms with Crippen LogP contribution in [0.2, 0.25) is 0 Å². The molecule has 0 amide bonds. The number of nitrogens with zero attached hydrogens (tertiary/aromatic N) is 3. The van der Waals surface area contributed by atoms with Crippen LogP contribution in [0.4, 0.5) is 0 Å². The summed E-state index contributed by atoms with van der Waals surface area (Å²) >= 11 is 1.64. The molecule has 4 rings (SSSR count). The van der Waals surface area contributed by atoms with Crippen LogP contribution in [0.3, 0.4) is 0 Å². The zero-order chi connectivity index (χ0) is 14.2. The summed E-state index contributed by atoms with van der Waals surface area (Å²) in [6.07, 6.45) is 1.19. The molecular weight excluding hydrogens is 284 g/mol. The molecule has 2 saturated heterocycles. The first-order valence-electron chi connectivity index (χ1n) is 7.66. The second kappa shape index (κ2) is 5.51. The molecule has 112 valence electrons. The van der Waals surface area contributed by atoms with Crippen LogP contribution >= 0.6 is 11.3 Å². The van der Waals surface area contributed by atoms with Crippen molar-refractivity contribution in [3.63, 3.8) is 0 Å². The van der Waals surface area contributed by atoms with E-state index in [9.17, 15) is 0 Å². The summed E-state index contributed by atoms with van der Waals surface area (Å²) in [5.74, 6) is 3.03. The van der Waals surface area contributed by atoms with Crippen LogP contribution < -0.4 is 5.32 Å². The molecule has 0 aliphatic carbocycles. The van der Waals surface area contributed by atoms with E-state index in [0.29, 0.717) is 11.9 Å². The Labute approximate surface area is 128 Å². The fraction of sp³-hybridized carbons (Fsp3) is 0.600. The number of rotatable bonds is 4. The quantitative estimate of drug-likeness (QED) is 0.939. The maximum absolute atomic E-state index is 5.45. The summed E-state index contributed by atoms with van der Waals surface area (Å²) in [5, 5.41) is 9.66. The molecule has 21 heavy (non-hydrogen) atoms. The van der Waals surface area contributed by atoms with Gasteiger partial charge in [0.25, 0.3) is 0 Å². The molecule has 2 aliphatic heterocycles. The largest absolute Gasteiger partial charge is 0.338 e. The molecule has 0 radical (unpaired) electrons. The molecule has 0 bridgehead atoms. The maximum atomic E-state index is 5.45. The number of hydrogen-bond acceptors (Lipinski definition) is 6. The van der Waals surface area contributed by atoms with E-state index in [2.05, 4.69) is 27.3 Å². The Balaban J connectivity index is 1.48. The monoisotopic (exact) mass is 304 g/mol. The molecule has 0 aromatic carbocycles. The Bertz CT molecular complexity index is 597. The molecule has 0 saturated carbocycles. The minimum absolute atomic E-state index is 0.641. The Kier molecular flexibility index (Phi) is 3.52. The van der Waals surface area contributed by atoms with Crippen molar-refractivity contribution in [2.45, 2.75) is 25.9 Å². The maximum Gasteiger partial charge on any atom is 0.241 e. The first-order chi connectivity index (χ1) is 10.3. The third kappa shape index (κ3) is 2.41. The van der Waals surface area contributed by atoms with Gasteiger partial charge in [-0.05, 0) is 42.8 Å². The minimum Gasteiger partial charge on any atom is -0.338 e. The lowest BCUT2D eigenvalue weighted by atomic mass is 9.93. The third-order valence-corrected chi connectivity index (χ3v) is 5.66. The molecule has 2 aromatic heterocycles. The fourth-order valence-electron chi connectivity index (χ4n) is 3.85. The lowest BCUT2D eigenvalue weighted by molar-refractivity contribution is 0.184. The molecule has 1 N–H and O–H groups in total. The number of likely N-dealkylation sites (tertiary alicyclic amines) is 1. The molecule has 3 unspecified atom stereocenters. The second-order valence-electron chi connectivity index (χ2n) is 5.98. The van der Waals surface area contributed by atoms with Gasteiger partial charge in [0.15, 0.2) is 0 Å². The van der Waals surface area contributed by atoms with Crippen LogP contribution in [-0.2, 0) is 6.54 Å². The van der Waals surface area contributed by atoms with E-state index >= 15 is 0 Å². The van der Waals surface area contributed by atoms with Crippen molar-refractivity contribution in [2.24, 2.45) is 11.8 Å². The number of thiophene rings is 1. The van der Waals surface area contributed by atoms with Gasteiger partial charge in [-0.15, -0.1) is 11.3 Å². The Hall–Kier alpha value is -1.24. The van der Waals surface area contributed by atoms with Crippen LogP contribution in [0.1, 0.15) is 19.2 Å². The first-order valence-corrected chi connectivity index (χ1v) is 8.54. The Morgan fingerprint density at radius 3 is 3.24 bits per heavy atom. The number of fused-ring (bicyclic) bond motifs is 1. The van der Waals surface area contributed by atoms with Crippen molar-refractivity contribution < 1.29 is 4.52 Å². The van der Waals surface area contributed by atoms with Crippen molar-refractivity contribution in [2.75, 3.05) is 19.6 Å². The van der Waals surface area contributed by atoms with Gasteiger partial charge in [0.05, 0.1) is 11.4 Å². The summed E-state index contributed by atoms with van der Waals surface area (Å²) in [7, 11) is 0. The average molecular weight is 304 g/mol. The van der Waals surface area contributed by atoms with Crippen molar-refractivity contribution in [1.29, 1.82) is 0 Å². The smallest absolute Gasteiger partial charge is 0.241 e. The van der Waals surface area contributed by atoms with E-state index < -0.39 is 0 Å². The Morgan fingerprint density at radius 1 is 1.48 bits per heavy atom. The van der Waals surface area contributed by atoms with Gasteiger partial charge >= 0.3 is 0 Å². The topological polar surface area (TPSA) is 54.2 Å². The van der Waals surface area contributed by atoms with Crippen molar-refractivity contribution >= 4 is 11.3 Å². The predicted octanol–water partition coefficient (Wildman–Crippen LogP) is 2.23. The van der Waals surface area contributed by atoms with Gasteiger partial charge < -0.3 is 9.84 Å². The van der Waals surface area contributed by atoms with Crippen LogP contribution in [0.5, 0.6) is 0 Å². The number of hydrogen-bond donors (Lipinski definition) is 1. The summed E-state index contributed by atoms with van der Waals surface area (Å²) < 4.78 is 5.45. The molecule has 6 heteroatoms. The van der Waals surface area contributed by atoms with Gasteiger partial charge in [-0.1, -0.05) is 18.1 Å². The highest BCUT2D eigenvalue weighted by Crippen LogP contribution is 2.35. The van der Waals surface area contributed by atoms with Crippen molar-refractivity contribution in [1.82, 2.24) is 20.4 Å². The summed E-state index contributed by atoms with van der Waals surface area (Å²) in [6.45, 7) is 6.52. The van der Waals surface area contributed by atoms with E-state index in [1.54, 1.807) is 11.3 Å². The van der Waals surface area contributed by atoms with E-state index in [0.717, 1.165) is 48.8 Å². The normalized spacial score (nSPS) is 29.1. The zero-order valence-corrected chi connectivity index (χ0v) is 13.0. The van der Waals surface area contributed by atoms with Crippen molar-refractivity contribution in [3.8, 4) is 10.7 Å². The molecule has 3 atom stereocenters. The van der Waals surface area contributed by atoms with E-state index in [4.69, 9.17) is 4.52 Å². The first kappa shape index (κ1) is 13.4. The van der Waals surface area contributed by atoms with Gasteiger partial charge in [-0.2, -0.15) is 4.98 Å². The van der Waals surface area contributed by atoms with Crippen molar-refractivity contribution in [3.05, 3.63) is 23.4 Å². The van der Waals surface area contributed by atoms with Crippen LogP contribution in [0, 0.1) is 11.8 Å². The van der Waals surface area contributed by atoms with Crippen LogP contribution in [0.15, 0.2) is 22.0 Å². The SMILES string of the molecule is CCC1C2CNCC2CN1Cc1nc(-c2cccs2)no1. The molecule has 5 nitrogen and oxygen atoms in total. The van der Waals surface area contributed by atoms with Crippen LogP contribution in [-0.4, -0.2) is 40.7 Å². The van der Waals surface area contributed by atoms with Gasteiger partial charge in [0.2, 0.25) is 11.7 Å². The molecular formula is C15H20N4OS. The van der Waals surface area contributed by atoms with Gasteiger partial charge in [-0.25, -0.2) is 0 Å². The van der Waals surface area contributed by atoms with Crippen LogP contribution in [0.25, 0.3) is 10.7 Å². The van der Waals surface area contributed by atoms with E-state index in [1.807, 2.05) is 17.5 Å². The summed E-state index contributed by atoms with van der Waals surface area (Å²) in [5.41, 5.74) is 0. The molecule has 2 aromatic rings. The molecule has 0 spiro atoms. The zero-order valence-electron chi connectivity index (χ0n) is 12.2. The highest BCUT2D eigenvalue weighted by molar-refractivity contribution is 7.13. The summed E-state index contributed by atoms with van der Waals surface area (Å²) in [6, 6.07) is 4.68. The lowest BCUT2D eigenvalue weighted by Gasteiger charge is -2.25. The average Bonchev–Trinajstić information content (AvgIpc) is 3.23.